The van der Waals surface area contributed by atoms with Crippen LogP contribution in [0.15, 0.2) is 26.8 Å². The van der Waals surface area contributed by atoms with Crippen molar-refractivity contribution < 1.29 is 0 Å². The molecule has 0 spiro atoms. The lowest BCUT2D eigenvalue weighted by Gasteiger charge is -2.17. The van der Waals surface area contributed by atoms with Crippen LogP contribution < -0.4 is 0 Å². The molecule has 0 N–H and O–H groups in total. The Morgan fingerprint density at radius 3 is 0.625 bits per heavy atom. The van der Waals surface area contributed by atoms with E-state index < -0.39 is 0 Å². The number of hydrogen-bond donors (Lipinski definition) is 0. The average Bonchev–Trinajstić information content (AvgIpc) is 3.39. The minimum atomic E-state index is 0.999. The van der Waals surface area contributed by atoms with E-state index in [1.54, 1.807) is 14.7 Å². The van der Waals surface area contributed by atoms with Crippen molar-refractivity contribution in [3.8, 4) is 0 Å². The number of unbranched alkanes of at least 4 members (excludes halogenated alkanes) is 51. The van der Waals surface area contributed by atoms with Crippen LogP contribution in [0.5, 0.6) is 0 Å². The normalized spacial score (nSPS) is 11.7. The van der Waals surface area contributed by atoms with Gasteiger partial charge >= 0.3 is 0 Å². The summed E-state index contributed by atoms with van der Waals surface area (Å²) in [6.45, 7) is 11.2. The Balaban J connectivity index is 2.42. The minimum absolute atomic E-state index is 0.999. The summed E-state index contributed by atoms with van der Waals surface area (Å²) in [7, 11) is 0. The number of rotatable bonds is 62. The summed E-state index contributed by atoms with van der Waals surface area (Å²) in [6, 6.07) is 5.17. The number of aryl methyl sites for hydroxylation is 1. The summed E-state index contributed by atoms with van der Waals surface area (Å²) in [4.78, 5) is 4.83. The highest BCUT2D eigenvalue weighted by molar-refractivity contribution is 8.03. The maximum atomic E-state index is 4.28. The molecule has 0 saturated heterocycles. The van der Waals surface area contributed by atoms with Crippen molar-refractivity contribution >= 4 is 35.3 Å². The summed E-state index contributed by atoms with van der Waals surface area (Å²) in [5.74, 6) is 3.85. The van der Waals surface area contributed by atoms with Crippen LogP contribution in [0.4, 0.5) is 0 Å². The number of thioether (sulfide) groups is 3. The van der Waals surface area contributed by atoms with Gasteiger partial charge in [-0.2, -0.15) is 0 Å². The lowest BCUT2D eigenvalue weighted by Crippen LogP contribution is -1.94. The Labute approximate surface area is 469 Å². The highest BCUT2D eigenvalue weighted by Gasteiger charge is 2.14. The fraction of sp³-hybridized carbons (Fsp3) is 0.899. The predicted molar refractivity (Wildman–Crippen MR) is 339 cm³/mol. The van der Waals surface area contributed by atoms with Crippen LogP contribution in [0.25, 0.3) is 0 Å². The molecule has 3 heteroatoms. The monoisotopic (exact) mass is 1060 g/mol. The van der Waals surface area contributed by atoms with E-state index in [9.17, 15) is 0 Å². The van der Waals surface area contributed by atoms with Crippen LogP contribution in [0.1, 0.15) is 379 Å². The van der Waals surface area contributed by atoms with Gasteiger partial charge in [0.25, 0.3) is 0 Å². The number of benzene rings is 1. The van der Waals surface area contributed by atoms with E-state index in [-0.39, 0.29) is 0 Å². The molecule has 1 aromatic rings. The molecular formula is C69H131S3. The van der Waals surface area contributed by atoms with Crippen molar-refractivity contribution in [3.05, 3.63) is 24.6 Å². The third-order valence-corrected chi connectivity index (χ3v) is 19.5. The summed E-state index contributed by atoms with van der Waals surface area (Å²) < 4.78 is 0. The molecule has 0 aromatic heterocycles. The van der Waals surface area contributed by atoms with E-state index in [4.69, 9.17) is 0 Å². The molecule has 1 radical (unpaired) electrons. The van der Waals surface area contributed by atoms with Gasteiger partial charge in [-0.25, -0.2) is 0 Å². The molecule has 72 heavy (non-hydrogen) atoms. The number of hydrogen-bond acceptors (Lipinski definition) is 3. The largest absolute Gasteiger partial charge is 0.125 e. The molecule has 1 aromatic carbocycles. The van der Waals surface area contributed by atoms with Gasteiger partial charge in [0.15, 0.2) is 0 Å². The topological polar surface area (TPSA) is 0 Å². The van der Waals surface area contributed by atoms with E-state index in [1.165, 1.54) is 370 Å². The zero-order valence-electron chi connectivity index (χ0n) is 49.8. The molecule has 0 nitrogen and oxygen atoms in total. The Kier molecular flexibility index (Phi) is 59.1. The van der Waals surface area contributed by atoms with E-state index in [1.807, 2.05) is 0 Å². The molecule has 0 heterocycles. The van der Waals surface area contributed by atoms with E-state index in [0.29, 0.717) is 0 Å². The fourth-order valence-corrected chi connectivity index (χ4v) is 14.7. The summed E-state index contributed by atoms with van der Waals surface area (Å²) in [5, 5.41) is 0. The smallest absolute Gasteiger partial charge is 0.0344 e. The molecule has 0 aliphatic heterocycles. The van der Waals surface area contributed by atoms with E-state index in [2.05, 4.69) is 75.1 Å². The summed E-state index contributed by atoms with van der Waals surface area (Å²) >= 11 is 6.60. The first-order valence-corrected chi connectivity index (χ1v) is 36.6. The van der Waals surface area contributed by atoms with Gasteiger partial charge in [0.05, 0.1) is 0 Å². The molecule has 0 atom stereocenters. The highest BCUT2D eigenvalue weighted by atomic mass is 32.2. The SMILES string of the molecule is [CH2]CCc1cc(SCCCCCCCCCCCCCCCCCCCC)c(SCCCCCCCCCCCCCCCCCCCC)c(SCCCCCCCCCCCCCCCCCCCC)c1. The zero-order valence-corrected chi connectivity index (χ0v) is 52.3. The van der Waals surface area contributed by atoms with E-state index in [0.717, 1.165) is 12.8 Å². The Morgan fingerprint density at radius 2 is 0.431 bits per heavy atom. The van der Waals surface area contributed by atoms with Crippen molar-refractivity contribution in [2.45, 2.75) is 395 Å². The van der Waals surface area contributed by atoms with Crippen molar-refractivity contribution in [3.63, 3.8) is 0 Å². The molecule has 1 rings (SSSR count). The van der Waals surface area contributed by atoms with Gasteiger partial charge in [-0.05, 0) is 67.1 Å². The molecule has 425 valence electrons. The van der Waals surface area contributed by atoms with Crippen molar-refractivity contribution in [2.75, 3.05) is 17.3 Å². The fourth-order valence-electron chi connectivity index (χ4n) is 10.9. The second-order valence-corrected chi connectivity index (χ2v) is 26.5. The molecule has 0 aliphatic rings. The Morgan fingerprint density at radius 1 is 0.250 bits per heavy atom. The Hall–Kier alpha value is 0.270. The predicted octanol–water partition coefficient (Wildman–Crippen LogP) is 26.9. The second-order valence-electron chi connectivity index (χ2n) is 23.1. The lowest BCUT2D eigenvalue weighted by atomic mass is 10.0. The average molecular weight is 1060 g/mol. The summed E-state index contributed by atoms with van der Waals surface area (Å²) in [5.41, 5.74) is 1.53. The molecule has 0 fully saturated rings. The molecular weight excluding hydrogens is 925 g/mol. The van der Waals surface area contributed by atoms with Crippen LogP contribution in [0.3, 0.4) is 0 Å². The van der Waals surface area contributed by atoms with E-state index >= 15 is 0 Å². The maximum Gasteiger partial charge on any atom is 0.0344 e. The van der Waals surface area contributed by atoms with Crippen LogP contribution in [0.2, 0.25) is 0 Å². The standard InChI is InChI=1S/C69H131S3/c1-5-9-12-15-18-21-24-27-30-33-36-39-42-45-48-51-54-57-61-70-67-64-66(60-8-4)65-68(71-62-58-55-52-49-46-43-40-37-34-31-28-25-22-19-16-13-10-6-2)69(67)72-63-59-56-53-50-47-44-41-38-35-32-29-26-23-20-17-14-11-7-3/h64-65H,4-63H2,1-3H3. The van der Waals surface area contributed by atoms with Crippen molar-refractivity contribution in [1.82, 2.24) is 0 Å². The molecule has 0 saturated carbocycles. The van der Waals surface area contributed by atoms with Gasteiger partial charge in [0, 0.05) is 14.7 Å². The second kappa shape index (κ2) is 60.5. The van der Waals surface area contributed by atoms with Crippen LogP contribution in [-0.4, -0.2) is 17.3 Å². The van der Waals surface area contributed by atoms with Gasteiger partial charge in [-0.1, -0.05) is 355 Å². The first-order valence-electron chi connectivity index (χ1n) is 33.6. The highest BCUT2D eigenvalue weighted by Crippen LogP contribution is 2.41. The lowest BCUT2D eigenvalue weighted by molar-refractivity contribution is 0.526. The zero-order chi connectivity index (χ0) is 51.6. The van der Waals surface area contributed by atoms with Crippen LogP contribution >= 0.6 is 35.3 Å². The maximum absolute atomic E-state index is 4.28. The van der Waals surface area contributed by atoms with Crippen molar-refractivity contribution in [1.29, 1.82) is 0 Å². The molecule has 0 aliphatic carbocycles. The van der Waals surface area contributed by atoms with Gasteiger partial charge in [0.2, 0.25) is 0 Å². The Bertz CT molecular complexity index is 1100. The quantitative estimate of drug-likeness (QED) is 0.0471. The van der Waals surface area contributed by atoms with Crippen LogP contribution in [-0.2, 0) is 6.42 Å². The first-order chi connectivity index (χ1) is 35.8. The van der Waals surface area contributed by atoms with Crippen LogP contribution in [0, 0.1) is 6.92 Å². The third kappa shape index (κ3) is 49.8. The molecule has 0 bridgehead atoms. The summed E-state index contributed by atoms with van der Waals surface area (Å²) in [6.07, 6.45) is 80.4. The van der Waals surface area contributed by atoms with Crippen molar-refractivity contribution in [2.24, 2.45) is 0 Å². The first kappa shape index (κ1) is 70.3. The third-order valence-electron chi connectivity index (χ3n) is 15.8. The van der Waals surface area contributed by atoms with Gasteiger partial charge in [-0.15, -0.1) is 35.3 Å². The minimum Gasteiger partial charge on any atom is -0.125 e. The van der Waals surface area contributed by atoms with Gasteiger partial charge in [0.1, 0.15) is 0 Å². The molecule has 0 unspecified atom stereocenters. The molecule has 0 amide bonds. The van der Waals surface area contributed by atoms with Gasteiger partial charge in [-0.3, -0.25) is 0 Å². The van der Waals surface area contributed by atoms with Gasteiger partial charge < -0.3 is 0 Å².